The monoisotopic (exact) mass is 296 g/mol. The van der Waals surface area contributed by atoms with E-state index in [2.05, 4.69) is 12.2 Å². The van der Waals surface area contributed by atoms with E-state index in [9.17, 15) is 4.79 Å². The number of carbonyl (C=O) groups is 1. The Labute approximate surface area is 127 Å². The van der Waals surface area contributed by atoms with Gasteiger partial charge in [-0.1, -0.05) is 36.2 Å². The van der Waals surface area contributed by atoms with Gasteiger partial charge in [0.05, 0.1) is 6.42 Å². The van der Waals surface area contributed by atoms with Gasteiger partial charge in [0.2, 0.25) is 5.91 Å². The molecule has 0 heterocycles. The molecule has 1 aromatic rings. The highest BCUT2D eigenvalue weighted by atomic mass is 35.5. The number of hydrogen-bond acceptors (Lipinski definition) is 2. The summed E-state index contributed by atoms with van der Waals surface area (Å²) in [7, 11) is 0. The van der Waals surface area contributed by atoms with Crippen LogP contribution in [-0.4, -0.2) is 18.5 Å². The van der Waals surface area contributed by atoms with E-state index in [1.54, 1.807) is 0 Å². The van der Waals surface area contributed by atoms with Crippen molar-refractivity contribution in [2.45, 2.75) is 45.1 Å². The zero-order valence-corrected chi connectivity index (χ0v) is 12.9. The summed E-state index contributed by atoms with van der Waals surface area (Å²) in [5.74, 6) is 0.675. The molecule has 112 valence electrons. The fourth-order valence-electron chi connectivity index (χ4n) is 2.73. The first kappa shape index (κ1) is 17.0. The Kier molecular flexibility index (Phi) is 7.03. The molecule has 1 aliphatic carbocycles. The molecule has 1 aliphatic rings. The molecule has 2 rings (SSSR count). The predicted octanol–water partition coefficient (Wildman–Crippen LogP) is 2.59. The first-order valence-corrected chi connectivity index (χ1v) is 7.21. The molecule has 1 saturated carbocycles. The Morgan fingerprint density at radius 1 is 1.30 bits per heavy atom. The second kappa shape index (κ2) is 8.28. The molecule has 0 spiro atoms. The largest absolute Gasteiger partial charge is 0.356 e. The van der Waals surface area contributed by atoms with Gasteiger partial charge in [0.15, 0.2) is 0 Å². The normalized spacial score (nSPS) is 21.9. The lowest BCUT2D eigenvalue weighted by atomic mass is 9.86. The van der Waals surface area contributed by atoms with Crippen LogP contribution in [0.1, 0.15) is 36.8 Å². The van der Waals surface area contributed by atoms with E-state index in [4.69, 9.17) is 5.73 Å². The fraction of sp³-hybridized carbons (Fsp3) is 0.562. The first-order chi connectivity index (χ1) is 9.13. The van der Waals surface area contributed by atoms with Crippen molar-refractivity contribution in [1.29, 1.82) is 0 Å². The topological polar surface area (TPSA) is 55.1 Å². The van der Waals surface area contributed by atoms with Crippen LogP contribution < -0.4 is 11.1 Å². The van der Waals surface area contributed by atoms with Gasteiger partial charge in [0.1, 0.15) is 0 Å². The summed E-state index contributed by atoms with van der Waals surface area (Å²) in [4.78, 5) is 11.9. The molecule has 2 atom stereocenters. The summed E-state index contributed by atoms with van der Waals surface area (Å²) in [5, 5.41) is 3.04. The summed E-state index contributed by atoms with van der Waals surface area (Å²) in [6.45, 7) is 2.83. The molecule has 4 heteroatoms. The van der Waals surface area contributed by atoms with Crippen molar-refractivity contribution in [3.05, 3.63) is 35.4 Å². The van der Waals surface area contributed by atoms with Crippen molar-refractivity contribution in [3.63, 3.8) is 0 Å². The lowest BCUT2D eigenvalue weighted by molar-refractivity contribution is -0.120. The van der Waals surface area contributed by atoms with Gasteiger partial charge in [-0.05, 0) is 37.7 Å². The highest BCUT2D eigenvalue weighted by Gasteiger charge is 2.19. The third-order valence-electron chi connectivity index (χ3n) is 3.90. The third-order valence-corrected chi connectivity index (χ3v) is 3.90. The van der Waals surface area contributed by atoms with E-state index in [1.165, 1.54) is 18.4 Å². The van der Waals surface area contributed by atoms with Gasteiger partial charge in [-0.25, -0.2) is 0 Å². The lowest BCUT2D eigenvalue weighted by Gasteiger charge is -2.26. The van der Waals surface area contributed by atoms with Gasteiger partial charge >= 0.3 is 0 Å². The minimum atomic E-state index is 0. The maximum absolute atomic E-state index is 11.9. The van der Waals surface area contributed by atoms with Gasteiger partial charge in [0.25, 0.3) is 0 Å². The number of nitrogens with one attached hydrogen (secondary N) is 1. The molecule has 0 saturated heterocycles. The Balaban J connectivity index is 0.00000200. The number of halogens is 1. The number of nitrogens with two attached hydrogens (primary N) is 1. The molecule has 1 amide bonds. The molecule has 3 N–H and O–H groups in total. The average molecular weight is 297 g/mol. The van der Waals surface area contributed by atoms with Crippen molar-refractivity contribution in [1.82, 2.24) is 5.32 Å². The molecular weight excluding hydrogens is 272 g/mol. The second-order valence-corrected chi connectivity index (χ2v) is 5.76. The number of carbonyl (C=O) groups excluding carboxylic acids is 1. The second-order valence-electron chi connectivity index (χ2n) is 5.76. The van der Waals surface area contributed by atoms with E-state index in [-0.39, 0.29) is 18.3 Å². The van der Waals surface area contributed by atoms with E-state index in [0.717, 1.165) is 24.9 Å². The zero-order valence-electron chi connectivity index (χ0n) is 12.1. The Hall–Kier alpha value is -1.06. The minimum absolute atomic E-state index is 0. The standard InChI is InChI=1S/C16H24N2O.ClH/c1-12-5-7-13(8-6-12)10-16(19)18-11-14-3-2-4-15(17)9-14;/h5-8,14-15H,2-4,9-11,17H2,1H3,(H,18,19);1H. The summed E-state index contributed by atoms with van der Waals surface area (Å²) >= 11 is 0. The summed E-state index contributed by atoms with van der Waals surface area (Å²) < 4.78 is 0. The molecule has 0 aliphatic heterocycles. The van der Waals surface area contributed by atoms with Crippen LogP contribution >= 0.6 is 12.4 Å². The van der Waals surface area contributed by atoms with Crippen molar-refractivity contribution >= 4 is 18.3 Å². The van der Waals surface area contributed by atoms with Crippen LogP contribution in [0.25, 0.3) is 0 Å². The summed E-state index contributed by atoms with van der Waals surface area (Å²) in [5.41, 5.74) is 8.25. The van der Waals surface area contributed by atoms with Crippen molar-refractivity contribution in [2.75, 3.05) is 6.54 Å². The van der Waals surface area contributed by atoms with Crippen molar-refractivity contribution in [3.8, 4) is 0 Å². The third kappa shape index (κ3) is 5.51. The quantitative estimate of drug-likeness (QED) is 0.897. The van der Waals surface area contributed by atoms with Gasteiger partial charge in [-0.15, -0.1) is 12.4 Å². The van der Waals surface area contributed by atoms with Crippen LogP contribution in [0.4, 0.5) is 0 Å². The Morgan fingerprint density at radius 2 is 2.00 bits per heavy atom. The van der Waals surface area contributed by atoms with Crippen LogP contribution in [0, 0.1) is 12.8 Å². The van der Waals surface area contributed by atoms with Crippen LogP contribution in [0.15, 0.2) is 24.3 Å². The van der Waals surface area contributed by atoms with Crippen molar-refractivity contribution in [2.24, 2.45) is 11.7 Å². The van der Waals surface area contributed by atoms with Crippen LogP contribution in [0.3, 0.4) is 0 Å². The maximum atomic E-state index is 11.9. The van der Waals surface area contributed by atoms with Gasteiger partial charge in [-0.2, -0.15) is 0 Å². The SMILES string of the molecule is Cc1ccc(CC(=O)NCC2CCCC(N)C2)cc1.Cl. The number of hydrogen-bond donors (Lipinski definition) is 2. The highest BCUT2D eigenvalue weighted by molar-refractivity contribution is 5.85. The lowest BCUT2D eigenvalue weighted by Crippen LogP contribution is -2.36. The molecule has 1 fully saturated rings. The number of amides is 1. The molecule has 2 unspecified atom stereocenters. The molecular formula is C16H25ClN2O. The Morgan fingerprint density at radius 3 is 2.65 bits per heavy atom. The smallest absolute Gasteiger partial charge is 0.224 e. The van der Waals surface area contributed by atoms with E-state index >= 15 is 0 Å². The maximum Gasteiger partial charge on any atom is 0.224 e. The molecule has 20 heavy (non-hydrogen) atoms. The predicted molar refractivity (Wildman–Crippen MR) is 85.1 cm³/mol. The van der Waals surface area contributed by atoms with Gasteiger partial charge in [0, 0.05) is 12.6 Å². The van der Waals surface area contributed by atoms with Crippen LogP contribution in [0.5, 0.6) is 0 Å². The number of benzene rings is 1. The van der Waals surface area contributed by atoms with Gasteiger partial charge in [-0.3, -0.25) is 4.79 Å². The molecule has 1 aromatic carbocycles. The van der Waals surface area contributed by atoms with Gasteiger partial charge < -0.3 is 11.1 Å². The van der Waals surface area contributed by atoms with E-state index < -0.39 is 0 Å². The average Bonchev–Trinajstić information content (AvgIpc) is 2.39. The molecule has 0 radical (unpaired) electrons. The number of rotatable bonds is 4. The van der Waals surface area contributed by atoms with Crippen molar-refractivity contribution < 1.29 is 4.79 Å². The first-order valence-electron chi connectivity index (χ1n) is 7.21. The number of aryl methyl sites for hydroxylation is 1. The zero-order chi connectivity index (χ0) is 13.7. The van der Waals surface area contributed by atoms with E-state index in [0.29, 0.717) is 18.4 Å². The minimum Gasteiger partial charge on any atom is -0.356 e. The summed E-state index contributed by atoms with van der Waals surface area (Å²) in [6, 6.07) is 8.45. The molecule has 3 nitrogen and oxygen atoms in total. The Bertz CT molecular complexity index is 419. The summed E-state index contributed by atoms with van der Waals surface area (Å²) in [6.07, 6.45) is 5.04. The molecule has 0 bridgehead atoms. The van der Waals surface area contributed by atoms with E-state index in [1.807, 2.05) is 24.3 Å². The highest BCUT2D eigenvalue weighted by Crippen LogP contribution is 2.22. The van der Waals surface area contributed by atoms with Crippen LogP contribution in [0.2, 0.25) is 0 Å². The van der Waals surface area contributed by atoms with Crippen LogP contribution in [-0.2, 0) is 11.2 Å². The fourth-order valence-corrected chi connectivity index (χ4v) is 2.73. The molecule has 0 aromatic heterocycles.